The molecule has 4 rings (SSSR count). The van der Waals surface area contributed by atoms with E-state index in [1.54, 1.807) is 31.2 Å². The number of nitrogens with one attached hydrogen (secondary N) is 1. The number of aliphatic carboxylic acids is 1. The zero-order valence-corrected chi connectivity index (χ0v) is 21.7. The van der Waals surface area contributed by atoms with Crippen LogP contribution in [0.3, 0.4) is 0 Å². The summed E-state index contributed by atoms with van der Waals surface area (Å²) in [6.45, 7) is 3.81. The van der Waals surface area contributed by atoms with Crippen molar-refractivity contribution in [3.63, 3.8) is 0 Å². The number of benzene rings is 3. The Morgan fingerprint density at radius 3 is 2.11 bits per heavy atom. The number of allylic oxidation sites excluding steroid dienone is 2. The van der Waals surface area contributed by atoms with Crippen LogP contribution in [-0.2, 0) is 14.3 Å². The van der Waals surface area contributed by atoms with Gasteiger partial charge in [0.2, 0.25) is 0 Å². The maximum absolute atomic E-state index is 13.6. The van der Waals surface area contributed by atoms with Gasteiger partial charge in [-0.3, -0.25) is 0 Å². The second-order valence-electron chi connectivity index (χ2n) is 9.00. The number of ether oxygens (including phenoxy) is 1. The molecule has 0 amide bonds. The molecule has 190 valence electrons. The molecule has 0 aliphatic carbocycles. The molecule has 6 heteroatoms. The van der Waals surface area contributed by atoms with Crippen molar-refractivity contribution in [1.29, 1.82) is 0 Å². The third kappa shape index (κ3) is 5.95. The van der Waals surface area contributed by atoms with Gasteiger partial charge >= 0.3 is 11.9 Å². The highest BCUT2D eigenvalue weighted by Gasteiger charge is 2.38. The number of dihydropyridines is 1. The van der Waals surface area contributed by atoms with Gasteiger partial charge in [0, 0.05) is 22.3 Å². The summed E-state index contributed by atoms with van der Waals surface area (Å²) in [5.74, 6) is -2.36. The van der Waals surface area contributed by atoms with E-state index in [0.29, 0.717) is 40.4 Å². The van der Waals surface area contributed by atoms with Crippen molar-refractivity contribution in [2.45, 2.75) is 38.5 Å². The molecular formula is C31H30ClNO4. The number of carboxylic acids is 1. The molecule has 0 radical (unpaired) electrons. The summed E-state index contributed by atoms with van der Waals surface area (Å²) in [5, 5.41) is 13.7. The van der Waals surface area contributed by atoms with E-state index in [1.165, 1.54) is 0 Å². The van der Waals surface area contributed by atoms with E-state index in [0.717, 1.165) is 11.1 Å². The van der Waals surface area contributed by atoms with Crippen LogP contribution in [-0.4, -0.2) is 23.7 Å². The van der Waals surface area contributed by atoms with Crippen LogP contribution in [0.1, 0.15) is 55.2 Å². The summed E-state index contributed by atoms with van der Waals surface area (Å²) in [5.41, 5.74) is 4.48. The second-order valence-corrected chi connectivity index (χ2v) is 9.44. The second kappa shape index (κ2) is 11.9. The molecule has 1 aliphatic heterocycles. The molecule has 3 aromatic carbocycles. The Balaban J connectivity index is 1.62. The predicted octanol–water partition coefficient (Wildman–Crippen LogP) is 6.81. The predicted molar refractivity (Wildman–Crippen MR) is 145 cm³/mol. The quantitative estimate of drug-likeness (QED) is 0.306. The van der Waals surface area contributed by atoms with Crippen LogP contribution in [0.25, 0.3) is 0 Å². The topological polar surface area (TPSA) is 75.6 Å². The van der Waals surface area contributed by atoms with Gasteiger partial charge < -0.3 is 15.2 Å². The molecule has 1 aliphatic rings. The maximum Gasteiger partial charge on any atom is 0.336 e. The lowest BCUT2D eigenvalue weighted by Gasteiger charge is -2.31. The first-order chi connectivity index (χ1) is 17.9. The van der Waals surface area contributed by atoms with Gasteiger partial charge in [-0.2, -0.15) is 0 Å². The molecule has 0 bridgehead atoms. The number of esters is 1. The summed E-state index contributed by atoms with van der Waals surface area (Å²) in [7, 11) is 0. The SMILES string of the molecule is CCC1=C(C(=O)OCCC(c2ccccc2)c2ccccc2)C(c2cccc(Cl)c2)C(C(=O)O)=C(C)N1. The number of halogens is 1. The summed E-state index contributed by atoms with van der Waals surface area (Å²) >= 11 is 6.25. The van der Waals surface area contributed by atoms with Gasteiger partial charge in [-0.1, -0.05) is 91.3 Å². The van der Waals surface area contributed by atoms with E-state index in [1.807, 2.05) is 43.3 Å². The Morgan fingerprint density at radius 1 is 0.946 bits per heavy atom. The molecule has 1 atom stereocenters. The lowest BCUT2D eigenvalue weighted by Crippen LogP contribution is -2.32. The van der Waals surface area contributed by atoms with Crippen LogP contribution in [0, 0.1) is 0 Å². The number of rotatable bonds is 9. The Hall–Kier alpha value is -3.83. The average Bonchev–Trinajstić information content (AvgIpc) is 2.91. The van der Waals surface area contributed by atoms with Gasteiger partial charge in [0.25, 0.3) is 0 Å². The van der Waals surface area contributed by atoms with Crippen molar-refractivity contribution in [3.05, 3.63) is 129 Å². The van der Waals surface area contributed by atoms with Gasteiger partial charge in [0.1, 0.15) is 0 Å². The minimum atomic E-state index is -1.09. The van der Waals surface area contributed by atoms with Gasteiger partial charge in [0.15, 0.2) is 0 Å². The van der Waals surface area contributed by atoms with Gasteiger partial charge in [-0.15, -0.1) is 0 Å². The first-order valence-corrected chi connectivity index (χ1v) is 12.7. The van der Waals surface area contributed by atoms with Crippen LogP contribution in [0.15, 0.2) is 107 Å². The van der Waals surface area contributed by atoms with Crippen molar-refractivity contribution in [1.82, 2.24) is 5.32 Å². The number of hydrogen-bond donors (Lipinski definition) is 2. The van der Waals surface area contributed by atoms with Crippen molar-refractivity contribution in [3.8, 4) is 0 Å². The van der Waals surface area contributed by atoms with E-state index in [-0.39, 0.29) is 18.1 Å². The van der Waals surface area contributed by atoms with Gasteiger partial charge in [-0.25, -0.2) is 9.59 Å². The lowest BCUT2D eigenvalue weighted by atomic mass is 9.80. The Bertz CT molecular complexity index is 1290. The average molecular weight is 516 g/mol. The Labute approximate surface area is 222 Å². The fraction of sp³-hybridized carbons (Fsp3) is 0.226. The fourth-order valence-electron chi connectivity index (χ4n) is 4.96. The molecule has 0 spiro atoms. The number of carboxylic acid groups (broad SMARTS) is 1. The monoisotopic (exact) mass is 515 g/mol. The first kappa shape index (κ1) is 26.2. The zero-order valence-electron chi connectivity index (χ0n) is 20.9. The highest BCUT2D eigenvalue weighted by Crippen LogP contribution is 2.40. The van der Waals surface area contributed by atoms with Crippen molar-refractivity contribution >= 4 is 23.5 Å². The normalized spacial score (nSPS) is 15.5. The third-order valence-corrected chi connectivity index (χ3v) is 6.91. The van der Waals surface area contributed by atoms with E-state index in [9.17, 15) is 14.7 Å². The molecule has 3 aromatic rings. The molecule has 1 heterocycles. The van der Waals surface area contributed by atoms with Crippen molar-refractivity contribution in [2.24, 2.45) is 0 Å². The van der Waals surface area contributed by atoms with E-state index in [4.69, 9.17) is 16.3 Å². The molecule has 37 heavy (non-hydrogen) atoms. The number of carbonyl (C=O) groups excluding carboxylic acids is 1. The van der Waals surface area contributed by atoms with Crippen LogP contribution >= 0.6 is 11.6 Å². The molecule has 0 aromatic heterocycles. The highest BCUT2D eigenvalue weighted by molar-refractivity contribution is 6.30. The standard InChI is InChI=1S/C31H30ClNO4/c1-3-26-29(28(23-15-10-16-24(32)19-23)27(30(34)35)20(2)33-26)31(36)37-18-17-25(21-11-6-4-7-12-21)22-13-8-5-9-14-22/h4-16,19,25,28,33H,3,17-18H2,1-2H3,(H,34,35). The smallest absolute Gasteiger partial charge is 0.336 e. The van der Waals surface area contributed by atoms with Crippen LogP contribution in [0.2, 0.25) is 5.02 Å². The number of carbonyl (C=O) groups is 2. The van der Waals surface area contributed by atoms with E-state index >= 15 is 0 Å². The molecular weight excluding hydrogens is 486 g/mol. The van der Waals surface area contributed by atoms with Gasteiger partial charge in [-0.05, 0) is 48.6 Å². The van der Waals surface area contributed by atoms with Gasteiger partial charge in [0.05, 0.1) is 23.7 Å². The summed E-state index contributed by atoms with van der Waals surface area (Å²) in [4.78, 5) is 25.9. The summed E-state index contributed by atoms with van der Waals surface area (Å²) in [6.07, 6.45) is 1.10. The minimum Gasteiger partial charge on any atom is -0.478 e. The molecule has 5 nitrogen and oxygen atoms in total. The highest BCUT2D eigenvalue weighted by atomic mass is 35.5. The van der Waals surface area contributed by atoms with E-state index in [2.05, 4.69) is 29.6 Å². The number of hydrogen-bond acceptors (Lipinski definition) is 4. The molecule has 1 unspecified atom stereocenters. The zero-order chi connectivity index (χ0) is 26.4. The molecule has 0 saturated heterocycles. The van der Waals surface area contributed by atoms with Crippen LogP contribution in [0.4, 0.5) is 0 Å². The molecule has 0 saturated carbocycles. The van der Waals surface area contributed by atoms with Crippen molar-refractivity contribution in [2.75, 3.05) is 6.61 Å². The maximum atomic E-state index is 13.6. The fourth-order valence-corrected chi connectivity index (χ4v) is 5.16. The molecule has 2 N–H and O–H groups in total. The minimum absolute atomic E-state index is 0.0553. The summed E-state index contributed by atoms with van der Waals surface area (Å²) < 4.78 is 5.85. The lowest BCUT2D eigenvalue weighted by molar-refractivity contribution is -0.139. The Morgan fingerprint density at radius 2 is 1.57 bits per heavy atom. The molecule has 0 fully saturated rings. The third-order valence-electron chi connectivity index (χ3n) is 6.67. The van der Waals surface area contributed by atoms with Crippen LogP contribution < -0.4 is 5.32 Å². The first-order valence-electron chi connectivity index (χ1n) is 12.4. The Kier molecular flexibility index (Phi) is 8.47. The van der Waals surface area contributed by atoms with E-state index < -0.39 is 17.9 Å². The summed E-state index contributed by atoms with van der Waals surface area (Å²) in [6, 6.07) is 27.2. The van der Waals surface area contributed by atoms with Crippen LogP contribution in [0.5, 0.6) is 0 Å². The van der Waals surface area contributed by atoms with Crippen molar-refractivity contribution < 1.29 is 19.4 Å². The largest absolute Gasteiger partial charge is 0.478 e.